The number of aromatic amines is 1. The molecular weight excluding hydrogens is 426 g/mol. The zero-order valence-electron chi connectivity index (χ0n) is 18.0. The highest BCUT2D eigenvalue weighted by Gasteiger charge is 2.48. The van der Waals surface area contributed by atoms with E-state index in [0.29, 0.717) is 16.9 Å². The molecule has 1 unspecified atom stereocenters. The van der Waals surface area contributed by atoms with Crippen molar-refractivity contribution in [3.8, 4) is 0 Å². The van der Waals surface area contributed by atoms with Crippen molar-refractivity contribution in [2.45, 2.75) is 6.04 Å². The number of aromatic nitrogens is 2. The van der Waals surface area contributed by atoms with Gasteiger partial charge in [0.05, 0.1) is 17.0 Å². The van der Waals surface area contributed by atoms with Gasteiger partial charge in [-0.05, 0) is 29.7 Å². The topological polar surface area (TPSA) is 86.3 Å². The average molecular weight is 445 g/mol. The van der Waals surface area contributed by atoms with E-state index in [4.69, 9.17) is 0 Å². The highest BCUT2D eigenvalue weighted by atomic mass is 16.3. The Bertz CT molecular complexity index is 1610. The maximum absolute atomic E-state index is 13.5. The van der Waals surface area contributed by atoms with Crippen LogP contribution in [-0.4, -0.2) is 26.8 Å². The lowest BCUT2D eigenvalue weighted by Crippen LogP contribution is -2.30. The molecule has 3 aromatic carbocycles. The number of Topliss-reactive ketones (excluding diaryl/α,β-unsaturated/α-hetero) is 1. The number of nitrogens with zero attached hydrogens (tertiary/aromatic N) is 2. The van der Waals surface area contributed by atoms with Crippen molar-refractivity contribution in [3.05, 3.63) is 114 Å². The van der Waals surface area contributed by atoms with E-state index in [1.165, 1.54) is 4.90 Å². The Labute approximate surface area is 194 Å². The molecule has 1 amide bonds. The SMILES string of the molecule is O=C1C(=O)N(c2cccc3ccccc23)C(c2ccccn2)/C1=C(/O)c1c[nH]c2ccccc12. The highest BCUT2D eigenvalue weighted by molar-refractivity contribution is 6.52. The number of nitrogens with one attached hydrogen (secondary N) is 1. The number of pyridine rings is 1. The third-order valence-electron chi connectivity index (χ3n) is 6.28. The number of rotatable bonds is 3. The monoisotopic (exact) mass is 445 g/mol. The molecule has 0 radical (unpaired) electrons. The molecule has 5 aromatic rings. The van der Waals surface area contributed by atoms with Crippen LogP contribution in [0.15, 0.2) is 103 Å². The van der Waals surface area contributed by atoms with Crippen molar-refractivity contribution in [1.29, 1.82) is 0 Å². The van der Waals surface area contributed by atoms with Crippen molar-refractivity contribution < 1.29 is 14.7 Å². The van der Waals surface area contributed by atoms with Gasteiger partial charge in [-0.15, -0.1) is 0 Å². The zero-order chi connectivity index (χ0) is 23.2. The fourth-order valence-electron chi connectivity index (χ4n) is 4.73. The van der Waals surface area contributed by atoms with Crippen LogP contribution in [-0.2, 0) is 9.59 Å². The maximum Gasteiger partial charge on any atom is 0.300 e. The molecule has 2 N–H and O–H groups in total. The van der Waals surface area contributed by atoms with Crippen LogP contribution < -0.4 is 4.90 Å². The predicted octanol–water partition coefficient (Wildman–Crippen LogP) is 5.34. The molecule has 1 aliphatic rings. The van der Waals surface area contributed by atoms with Crippen LogP contribution in [0.1, 0.15) is 17.3 Å². The summed E-state index contributed by atoms with van der Waals surface area (Å²) in [6.45, 7) is 0. The van der Waals surface area contributed by atoms with Crippen LogP contribution >= 0.6 is 0 Å². The number of para-hydroxylation sites is 1. The number of aliphatic hydroxyl groups excluding tert-OH is 1. The molecule has 34 heavy (non-hydrogen) atoms. The van der Waals surface area contributed by atoms with Crippen molar-refractivity contribution in [2.24, 2.45) is 0 Å². The molecule has 2 aromatic heterocycles. The van der Waals surface area contributed by atoms with E-state index < -0.39 is 17.7 Å². The number of amides is 1. The van der Waals surface area contributed by atoms with Gasteiger partial charge in [0, 0.05) is 34.2 Å². The van der Waals surface area contributed by atoms with Gasteiger partial charge in [-0.2, -0.15) is 0 Å². The van der Waals surface area contributed by atoms with E-state index in [1.807, 2.05) is 66.7 Å². The second-order valence-electron chi connectivity index (χ2n) is 8.17. The summed E-state index contributed by atoms with van der Waals surface area (Å²) < 4.78 is 0. The summed E-state index contributed by atoms with van der Waals surface area (Å²) in [5.41, 5.74) is 2.39. The fourth-order valence-corrected chi connectivity index (χ4v) is 4.73. The van der Waals surface area contributed by atoms with Gasteiger partial charge in [-0.1, -0.05) is 60.7 Å². The van der Waals surface area contributed by atoms with Gasteiger partial charge in [0.2, 0.25) is 0 Å². The minimum absolute atomic E-state index is 0.0152. The van der Waals surface area contributed by atoms with Gasteiger partial charge >= 0.3 is 0 Å². The largest absolute Gasteiger partial charge is 0.507 e. The molecule has 6 rings (SSSR count). The van der Waals surface area contributed by atoms with Gasteiger partial charge in [-0.25, -0.2) is 0 Å². The van der Waals surface area contributed by atoms with E-state index in [2.05, 4.69) is 9.97 Å². The summed E-state index contributed by atoms with van der Waals surface area (Å²) in [4.78, 5) is 35.9. The predicted molar refractivity (Wildman–Crippen MR) is 131 cm³/mol. The average Bonchev–Trinajstić information content (AvgIpc) is 3.43. The molecule has 1 aliphatic heterocycles. The Balaban J connectivity index is 1.63. The number of carbonyl (C=O) groups excluding carboxylic acids is 2. The molecule has 0 spiro atoms. The third-order valence-corrected chi connectivity index (χ3v) is 6.28. The smallest absolute Gasteiger partial charge is 0.300 e. The summed E-state index contributed by atoms with van der Waals surface area (Å²) >= 11 is 0. The molecule has 6 nitrogen and oxygen atoms in total. The number of H-pyrrole nitrogens is 1. The molecule has 1 atom stereocenters. The first kappa shape index (κ1) is 19.9. The van der Waals surface area contributed by atoms with Gasteiger partial charge < -0.3 is 10.1 Å². The molecule has 0 aliphatic carbocycles. The molecule has 6 heteroatoms. The third kappa shape index (κ3) is 2.93. The quantitative estimate of drug-likeness (QED) is 0.223. The summed E-state index contributed by atoms with van der Waals surface area (Å²) in [5.74, 6) is -1.67. The van der Waals surface area contributed by atoms with Gasteiger partial charge in [0.1, 0.15) is 11.8 Å². The van der Waals surface area contributed by atoms with Crippen molar-refractivity contribution >= 4 is 44.8 Å². The van der Waals surface area contributed by atoms with Crippen molar-refractivity contribution in [2.75, 3.05) is 4.90 Å². The van der Waals surface area contributed by atoms with E-state index in [-0.39, 0.29) is 11.3 Å². The number of hydrogen-bond acceptors (Lipinski definition) is 4. The number of aliphatic hydroxyl groups is 1. The second kappa shape index (κ2) is 7.71. The van der Waals surface area contributed by atoms with Crippen LogP contribution in [0.5, 0.6) is 0 Å². The Hall–Kier alpha value is -4.71. The number of anilines is 1. The molecule has 164 valence electrons. The minimum Gasteiger partial charge on any atom is -0.507 e. The standard InChI is InChI=1S/C28H19N3O3/c32-26(20-16-30-21-12-4-3-11-19(20)21)24-25(22-13-5-6-15-29-22)31(28(34)27(24)33)23-14-7-9-17-8-1-2-10-18(17)23/h1-16,25,30,32H/b26-24-. The van der Waals surface area contributed by atoms with Crippen LogP contribution in [0, 0.1) is 0 Å². The summed E-state index contributed by atoms with van der Waals surface area (Å²) in [7, 11) is 0. The first-order valence-electron chi connectivity index (χ1n) is 10.9. The normalized spacial score (nSPS) is 17.6. The van der Waals surface area contributed by atoms with Crippen molar-refractivity contribution in [1.82, 2.24) is 9.97 Å². The maximum atomic E-state index is 13.5. The van der Waals surface area contributed by atoms with Gasteiger partial charge in [-0.3, -0.25) is 19.5 Å². The molecule has 3 heterocycles. The molecule has 0 saturated carbocycles. The summed E-state index contributed by atoms with van der Waals surface area (Å²) in [6.07, 6.45) is 3.27. The Morgan fingerprint density at radius 3 is 2.41 bits per heavy atom. The van der Waals surface area contributed by atoms with E-state index in [1.54, 1.807) is 30.6 Å². The van der Waals surface area contributed by atoms with Crippen LogP contribution in [0.4, 0.5) is 5.69 Å². The number of hydrogen-bond donors (Lipinski definition) is 2. The molecule has 0 bridgehead atoms. The van der Waals surface area contributed by atoms with E-state index in [9.17, 15) is 14.7 Å². The first-order chi connectivity index (χ1) is 16.6. The lowest BCUT2D eigenvalue weighted by atomic mass is 9.97. The summed E-state index contributed by atoms with van der Waals surface area (Å²) in [5, 5.41) is 14.0. The molecular formula is C28H19N3O3. The number of benzene rings is 3. The molecule has 1 fully saturated rings. The Morgan fingerprint density at radius 1 is 0.853 bits per heavy atom. The highest BCUT2D eigenvalue weighted by Crippen LogP contribution is 2.44. The van der Waals surface area contributed by atoms with E-state index in [0.717, 1.165) is 21.7 Å². The van der Waals surface area contributed by atoms with E-state index >= 15 is 0 Å². The summed E-state index contributed by atoms with van der Waals surface area (Å²) in [6, 6.07) is 25.3. The Kier molecular flexibility index (Phi) is 4.52. The minimum atomic E-state index is -0.874. The fraction of sp³-hybridized carbons (Fsp3) is 0.0357. The Morgan fingerprint density at radius 2 is 1.59 bits per heavy atom. The van der Waals surface area contributed by atoms with Gasteiger partial charge in [0.15, 0.2) is 0 Å². The van der Waals surface area contributed by atoms with Gasteiger partial charge in [0.25, 0.3) is 11.7 Å². The van der Waals surface area contributed by atoms with Crippen LogP contribution in [0.2, 0.25) is 0 Å². The lowest BCUT2D eigenvalue weighted by Gasteiger charge is -2.25. The van der Waals surface area contributed by atoms with Crippen molar-refractivity contribution in [3.63, 3.8) is 0 Å². The van der Waals surface area contributed by atoms with Crippen LogP contribution in [0.3, 0.4) is 0 Å². The first-order valence-corrected chi connectivity index (χ1v) is 10.9. The number of ketones is 1. The number of fused-ring (bicyclic) bond motifs is 2. The number of carbonyl (C=O) groups is 2. The zero-order valence-corrected chi connectivity index (χ0v) is 18.0. The molecule has 1 saturated heterocycles. The second-order valence-corrected chi connectivity index (χ2v) is 8.17. The lowest BCUT2D eigenvalue weighted by molar-refractivity contribution is -0.132. The van der Waals surface area contributed by atoms with Crippen LogP contribution in [0.25, 0.3) is 27.4 Å².